The van der Waals surface area contributed by atoms with E-state index in [2.05, 4.69) is 61.5 Å². The van der Waals surface area contributed by atoms with E-state index in [1.54, 1.807) is 0 Å². The summed E-state index contributed by atoms with van der Waals surface area (Å²) in [5.41, 5.74) is 8.08. The average Bonchev–Trinajstić information content (AvgIpc) is 3.39. The quantitative estimate of drug-likeness (QED) is 0.185. The van der Waals surface area contributed by atoms with E-state index >= 15 is 0 Å². The van der Waals surface area contributed by atoms with E-state index < -0.39 is 0 Å². The molecule has 0 N–H and O–H groups in total. The Morgan fingerprint density at radius 3 is 2.00 bits per heavy atom. The Morgan fingerprint density at radius 1 is 0.622 bits per heavy atom. The molecule has 6 aromatic rings. The van der Waals surface area contributed by atoms with Crippen molar-refractivity contribution in [2.45, 2.75) is 13.3 Å². The van der Waals surface area contributed by atoms with Crippen LogP contribution in [0.1, 0.15) is 16.7 Å². The van der Waals surface area contributed by atoms with Crippen molar-refractivity contribution in [3.8, 4) is 11.1 Å². The summed E-state index contributed by atoms with van der Waals surface area (Å²) >= 11 is 0. The topological polar surface area (TPSA) is 42.6 Å². The number of hydrogen-bond donors (Lipinski definition) is 0. The summed E-state index contributed by atoms with van der Waals surface area (Å²) in [4.78, 5) is 17.3. The van der Waals surface area contributed by atoms with Crippen LogP contribution in [0.15, 0.2) is 136 Å². The van der Waals surface area contributed by atoms with Crippen molar-refractivity contribution >= 4 is 33.1 Å². The predicted octanol–water partition coefficient (Wildman–Crippen LogP) is 8.29. The highest BCUT2D eigenvalue weighted by atomic mass is 16.4. The Balaban J connectivity index is 0.000000314. The van der Waals surface area contributed by atoms with Crippen LogP contribution in [0, 0.1) is 6.92 Å². The van der Waals surface area contributed by atoms with E-state index in [1.165, 1.54) is 11.1 Å². The molecule has 3 nitrogen and oxygen atoms in total. The number of rotatable bonds is 2. The zero-order valence-electron chi connectivity index (χ0n) is 20.5. The third-order valence-corrected chi connectivity index (χ3v) is 6.72. The van der Waals surface area contributed by atoms with Gasteiger partial charge in [-0.05, 0) is 41.1 Å². The molecule has 0 amide bonds. The molecule has 178 valence electrons. The molecule has 0 saturated carbocycles. The SMILES string of the molecule is Cc1ccccc1.O=c1oc2c(-c3ccc(C4=Nc5ccccc5C4)cc3)cccc2c2ccccc12. The summed E-state index contributed by atoms with van der Waals surface area (Å²) < 4.78 is 5.75. The molecule has 37 heavy (non-hydrogen) atoms. The largest absolute Gasteiger partial charge is 0.422 e. The minimum absolute atomic E-state index is 0.305. The van der Waals surface area contributed by atoms with E-state index in [4.69, 9.17) is 9.41 Å². The van der Waals surface area contributed by atoms with Gasteiger partial charge in [-0.3, -0.25) is 4.99 Å². The highest BCUT2D eigenvalue weighted by Gasteiger charge is 2.16. The smallest absolute Gasteiger partial charge is 0.344 e. The first-order chi connectivity index (χ1) is 18.2. The van der Waals surface area contributed by atoms with Crippen LogP contribution in [-0.2, 0) is 6.42 Å². The maximum absolute atomic E-state index is 12.5. The molecule has 5 aromatic carbocycles. The Hall–Kier alpha value is -4.76. The van der Waals surface area contributed by atoms with Gasteiger partial charge in [0.2, 0.25) is 0 Å². The lowest BCUT2D eigenvalue weighted by Gasteiger charge is -2.09. The number of para-hydroxylation sites is 2. The normalized spacial score (nSPS) is 12.1. The van der Waals surface area contributed by atoms with E-state index in [1.807, 2.05) is 66.7 Å². The molecule has 0 bridgehead atoms. The third kappa shape index (κ3) is 4.48. The molecule has 2 heterocycles. The fourth-order valence-electron chi connectivity index (χ4n) is 4.81. The average molecular weight is 480 g/mol. The first-order valence-electron chi connectivity index (χ1n) is 12.4. The number of nitrogens with zero attached hydrogens (tertiary/aromatic N) is 1. The molecule has 7 rings (SSSR count). The van der Waals surface area contributed by atoms with Crippen molar-refractivity contribution in [1.29, 1.82) is 0 Å². The van der Waals surface area contributed by atoms with Crippen LogP contribution < -0.4 is 5.63 Å². The van der Waals surface area contributed by atoms with E-state index in [9.17, 15) is 4.79 Å². The minimum Gasteiger partial charge on any atom is -0.422 e. The lowest BCUT2D eigenvalue weighted by molar-refractivity contribution is 0.570. The summed E-state index contributed by atoms with van der Waals surface area (Å²) in [5, 5.41) is 2.47. The maximum Gasteiger partial charge on any atom is 0.344 e. The van der Waals surface area contributed by atoms with Gasteiger partial charge in [-0.15, -0.1) is 0 Å². The third-order valence-electron chi connectivity index (χ3n) is 6.72. The van der Waals surface area contributed by atoms with Crippen molar-refractivity contribution in [3.63, 3.8) is 0 Å². The highest BCUT2D eigenvalue weighted by Crippen LogP contribution is 2.33. The van der Waals surface area contributed by atoms with Crippen molar-refractivity contribution in [3.05, 3.63) is 148 Å². The van der Waals surface area contributed by atoms with Gasteiger partial charge in [0, 0.05) is 17.4 Å². The summed E-state index contributed by atoms with van der Waals surface area (Å²) in [5.74, 6) is 0. The van der Waals surface area contributed by atoms with Crippen molar-refractivity contribution in [1.82, 2.24) is 0 Å². The molecule has 0 atom stereocenters. The zero-order valence-corrected chi connectivity index (χ0v) is 20.5. The maximum atomic E-state index is 12.5. The molecule has 0 radical (unpaired) electrons. The lowest BCUT2D eigenvalue weighted by atomic mass is 9.97. The van der Waals surface area contributed by atoms with E-state index in [-0.39, 0.29) is 5.63 Å². The zero-order chi connectivity index (χ0) is 25.2. The molecule has 0 fully saturated rings. The van der Waals surface area contributed by atoms with Crippen LogP contribution in [0.3, 0.4) is 0 Å². The first kappa shape index (κ1) is 22.7. The van der Waals surface area contributed by atoms with Gasteiger partial charge in [0.05, 0.1) is 16.8 Å². The number of hydrogen-bond acceptors (Lipinski definition) is 3. The molecular weight excluding hydrogens is 454 g/mol. The number of aliphatic imine (C=N–C) groups is 1. The van der Waals surface area contributed by atoms with Crippen LogP contribution in [-0.4, -0.2) is 5.71 Å². The van der Waals surface area contributed by atoms with Gasteiger partial charge in [-0.2, -0.15) is 0 Å². The van der Waals surface area contributed by atoms with E-state index in [0.29, 0.717) is 11.0 Å². The Morgan fingerprint density at radius 2 is 1.27 bits per heavy atom. The fourth-order valence-corrected chi connectivity index (χ4v) is 4.81. The van der Waals surface area contributed by atoms with Gasteiger partial charge in [-0.1, -0.05) is 115 Å². The van der Waals surface area contributed by atoms with Gasteiger partial charge in [0.15, 0.2) is 0 Å². The van der Waals surface area contributed by atoms with Gasteiger partial charge in [-0.25, -0.2) is 4.79 Å². The molecule has 1 aliphatic rings. The summed E-state index contributed by atoms with van der Waals surface area (Å²) in [6, 6.07) is 40.5. The monoisotopic (exact) mass is 479 g/mol. The molecular formula is C34H25NO2. The van der Waals surface area contributed by atoms with Crippen molar-refractivity contribution in [2.75, 3.05) is 0 Å². The van der Waals surface area contributed by atoms with Gasteiger partial charge >= 0.3 is 5.63 Å². The van der Waals surface area contributed by atoms with Crippen LogP contribution in [0.25, 0.3) is 32.9 Å². The molecule has 0 spiro atoms. The van der Waals surface area contributed by atoms with Crippen molar-refractivity contribution in [2.24, 2.45) is 4.99 Å². The molecule has 0 unspecified atom stereocenters. The van der Waals surface area contributed by atoms with Gasteiger partial charge in [0.25, 0.3) is 0 Å². The molecule has 1 aromatic heterocycles. The fraction of sp³-hybridized carbons (Fsp3) is 0.0588. The summed E-state index contributed by atoms with van der Waals surface area (Å²) in [7, 11) is 0. The second-order valence-corrected chi connectivity index (χ2v) is 9.21. The number of aryl methyl sites for hydroxylation is 1. The van der Waals surface area contributed by atoms with Crippen LogP contribution in [0.4, 0.5) is 5.69 Å². The van der Waals surface area contributed by atoms with Crippen LogP contribution in [0.2, 0.25) is 0 Å². The van der Waals surface area contributed by atoms with Crippen LogP contribution in [0.5, 0.6) is 0 Å². The van der Waals surface area contributed by atoms with Gasteiger partial charge in [0.1, 0.15) is 5.58 Å². The number of benzene rings is 5. The molecule has 1 aliphatic heterocycles. The van der Waals surface area contributed by atoms with Gasteiger partial charge < -0.3 is 4.42 Å². The standard InChI is InChI=1S/C27H17NO2.C7H8/c29-27-23-8-3-2-7-21(23)22-10-5-9-20(26(22)30-27)17-12-14-18(15-13-17)25-16-19-6-1-4-11-24(19)28-25;1-7-5-3-2-4-6-7/h1-15H,16H2;2-6H,1H3. The minimum atomic E-state index is -0.305. The molecule has 3 heteroatoms. The summed E-state index contributed by atoms with van der Waals surface area (Å²) in [6.07, 6.45) is 0.852. The first-order valence-corrected chi connectivity index (χ1v) is 12.4. The predicted molar refractivity (Wildman–Crippen MR) is 153 cm³/mol. The highest BCUT2D eigenvalue weighted by molar-refractivity contribution is 6.09. The Kier molecular flexibility index (Phi) is 5.95. The Bertz CT molecular complexity index is 1810. The van der Waals surface area contributed by atoms with Crippen LogP contribution >= 0.6 is 0 Å². The molecule has 0 aliphatic carbocycles. The van der Waals surface area contributed by atoms with Crippen molar-refractivity contribution < 1.29 is 4.42 Å². The van der Waals surface area contributed by atoms with E-state index in [0.717, 1.165) is 45.3 Å². The second kappa shape index (κ2) is 9.71. The molecule has 0 saturated heterocycles. The summed E-state index contributed by atoms with van der Waals surface area (Å²) in [6.45, 7) is 2.08. The second-order valence-electron chi connectivity index (χ2n) is 9.21. The lowest BCUT2D eigenvalue weighted by Crippen LogP contribution is -2.01. The number of fused-ring (bicyclic) bond motifs is 4. The Labute approximate surface area is 215 Å².